The SMILES string of the molecule is CCCCC1CCC(C(C)S(N)(=O)=O)CC1. The average molecular weight is 247 g/mol. The van der Waals surface area contributed by atoms with Gasteiger partial charge in [-0.15, -0.1) is 0 Å². The van der Waals surface area contributed by atoms with E-state index in [4.69, 9.17) is 5.14 Å². The summed E-state index contributed by atoms with van der Waals surface area (Å²) in [6.07, 6.45) is 8.31. The number of unbranched alkanes of at least 4 members (excludes halogenated alkanes) is 1. The standard InChI is InChI=1S/C12H25NO2S/c1-3-4-5-11-6-8-12(9-7-11)10(2)16(13,14)15/h10-12H,3-9H2,1-2H3,(H2,13,14,15). The van der Waals surface area contributed by atoms with Crippen LogP contribution in [0.1, 0.15) is 58.8 Å². The van der Waals surface area contributed by atoms with Crippen LogP contribution in [0.25, 0.3) is 0 Å². The molecule has 1 aliphatic carbocycles. The van der Waals surface area contributed by atoms with Gasteiger partial charge in [-0.1, -0.05) is 39.0 Å². The van der Waals surface area contributed by atoms with Gasteiger partial charge in [-0.2, -0.15) is 0 Å². The predicted molar refractivity (Wildman–Crippen MR) is 67.5 cm³/mol. The fourth-order valence-electron chi connectivity index (χ4n) is 2.71. The van der Waals surface area contributed by atoms with Gasteiger partial charge in [0, 0.05) is 0 Å². The number of hydrogen-bond donors (Lipinski definition) is 1. The Morgan fingerprint density at radius 1 is 1.25 bits per heavy atom. The summed E-state index contributed by atoms with van der Waals surface area (Å²) in [6, 6.07) is 0. The number of hydrogen-bond acceptors (Lipinski definition) is 2. The fraction of sp³-hybridized carbons (Fsp3) is 1.00. The molecule has 0 aromatic rings. The van der Waals surface area contributed by atoms with E-state index in [1.54, 1.807) is 6.92 Å². The van der Waals surface area contributed by atoms with Crippen LogP contribution >= 0.6 is 0 Å². The monoisotopic (exact) mass is 247 g/mol. The van der Waals surface area contributed by atoms with E-state index in [0.29, 0.717) is 0 Å². The van der Waals surface area contributed by atoms with Gasteiger partial charge in [-0.05, 0) is 31.6 Å². The molecule has 0 spiro atoms. The second-order valence-corrected chi connectivity index (χ2v) is 7.14. The Balaban J connectivity index is 2.37. The van der Waals surface area contributed by atoms with E-state index in [1.807, 2.05) is 0 Å². The molecule has 0 radical (unpaired) electrons. The first-order valence-electron chi connectivity index (χ1n) is 6.46. The lowest BCUT2D eigenvalue weighted by molar-refractivity contribution is 0.256. The van der Waals surface area contributed by atoms with Crippen LogP contribution in [0.5, 0.6) is 0 Å². The number of rotatable bonds is 5. The maximum Gasteiger partial charge on any atom is 0.211 e. The summed E-state index contributed by atoms with van der Waals surface area (Å²) in [5.41, 5.74) is 0. The summed E-state index contributed by atoms with van der Waals surface area (Å²) in [5.74, 6) is 1.11. The van der Waals surface area contributed by atoms with Gasteiger partial charge in [0.15, 0.2) is 0 Å². The average Bonchev–Trinajstić information content (AvgIpc) is 2.25. The summed E-state index contributed by atoms with van der Waals surface area (Å²) in [7, 11) is -3.34. The van der Waals surface area contributed by atoms with Crippen LogP contribution in [0.15, 0.2) is 0 Å². The smallest absolute Gasteiger partial charge is 0.211 e. The van der Waals surface area contributed by atoms with Crippen molar-refractivity contribution in [1.82, 2.24) is 0 Å². The molecule has 0 aromatic carbocycles. The predicted octanol–water partition coefficient (Wildman–Crippen LogP) is 2.66. The summed E-state index contributed by atoms with van der Waals surface area (Å²) in [5, 5.41) is 4.84. The fourth-order valence-corrected chi connectivity index (χ4v) is 3.52. The summed E-state index contributed by atoms with van der Waals surface area (Å²) in [6.45, 7) is 3.97. The maximum atomic E-state index is 11.3. The highest BCUT2D eigenvalue weighted by Crippen LogP contribution is 2.34. The minimum absolute atomic E-state index is 0.285. The van der Waals surface area contributed by atoms with E-state index in [1.165, 1.54) is 32.1 Å². The van der Waals surface area contributed by atoms with Gasteiger partial charge in [0.2, 0.25) is 10.0 Å². The topological polar surface area (TPSA) is 60.2 Å². The molecule has 1 fully saturated rings. The Morgan fingerprint density at radius 2 is 1.81 bits per heavy atom. The van der Waals surface area contributed by atoms with Crippen LogP contribution in [-0.2, 0) is 10.0 Å². The third-order valence-corrected chi connectivity index (χ3v) is 5.46. The molecule has 0 amide bonds. The quantitative estimate of drug-likeness (QED) is 0.812. The van der Waals surface area contributed by atoms with E-state index in [-0.39, 0.29) is 11.2 Å². The summed E-state index contributed by atoms with van der Waals surface area (Å²) in [4.78, 5) is 0. The van der Waals surface area contributed by atoms with Crippen molar-refractivity contribution in [1.29, 1.82) is 0 Å². The molecule has 1 saturated carbocycles. The first-order chi connectivity index (χ1) is 7.45. The van der Waals surface area contributed by atoms with Gasteiger partial charge in [0.05, 0.1) is 5.25 Å². The van der Waals surface area contributed by atoms with Crippen molar-refractivity contribution >= 4 is 10.0 Å². The maximum absolute atomic E-state index is 11.3. The van der Waals surface area contributed by atoms with Gasteiger partial charge < -0.3 is 0 Å². The lowest BCUT2D eigenvalue weighted by atomic mass is 9.79. The number of primary sulfonamides is 1. The second kappa shape index (κ2) is 6.01. The molecule has 1 unspecified atom stereocenters. The summed E-state index contributed by atoms with van der Waals surface area (Å²) < 4.78 is 22.5. The van der Waals surface area contributed by atoms with Crippen molar-refractivity contribution < 1.29 is 8.42 Å². The molecule has 3 nitrogen and oxygen atoms in total. The Labute approximate surface area is 99.8 Å². The highest BCUT2D eigenvalue weighted by Gasteiger charge is 2.30. The molecule has 0 bridgehead atoms. The molecule has 16 heavy (non-hydrogen) atoms. The lowest BCUT2D eigenvalue weighted by Gasteiger charge is -2.31. The first kappa shape index (κ1) is 14.0. The van der Waals surface area contributed by atoms with Gasteiger partial charge in [0.25, 0.3) is 0 Å². The molecule has 0 aromatic heterocycles. The van der Waals surface area contributed by atoms with Gasteiger partial charge in [-0.3, -0.25) is 0 Å². The van der Waals surface area contributed by atoms with Crippen molar-refractivity contribution in [2.45, 2.75) is 64.0 Å². The van der Waals surface area contributed by atoms with Gasteiger partial charge in [-0.25, -0.2) is 13.6 Å². The third kappa shape index (κ3) is 4.06. The zero-order chi connectivity index (χ0) is 12.2. The Morgan fingerprint density at radius 3 is 2.25 bits per heavy atom. The van der Waals surface area contributed by atoms with Crippen molar-refractivity contribution in [2.24, 2.45) is 17.0 Å². The van der Waals surface area contributed by atoms with Crippen LogP contribution in [-0.4, -0.2) is 13.7 Å². The highest BCUT2D eigenvalue weighted by atomic mass is 32.2. The third-order valence-electron chi connectivity index (χ3n) is 4.04. The van der Waals surface area contributed by atoms with E-state index in [0.717, 1.165) is 18.8 Å². The highest BCUT2D eigenvalue weighted by molar-refractivity contribution is 7.89. The molecule has 1 aliphatic rings. The Kier molecular flexibility index (Phi) is 5.25. The Hall–Kier alpha value is -0.0900. The second-order valence-electron chi connectivity index (χ2n) is 5.22. The van der Waals surface area contributed by atoms with E-state index < -0.39 is 10.0 Å². The van der Waals surface area contributed by atoms with Crippen LogP contribution in [0.3, 0.4) is 0 Å². The minimum Gasteiger partial charge on any atom is -0.228 e. The van der Waals surface area contributed by atoms with E-state index in [9.17, 15) is 8.42 Å². The van der Waals surface area contributed by atoms with Crippen molar-refractivity contribution in [3.05, 3.63) is 0 Å². The van der Waals surface area contributed by atoms with Crippen molar-refractivity contribution in [3.8, 4) is 0 Å². The zero-order valence-corrected chi connectivity index (χ0v) is 11.3. The number of nitrogens with two attached hydrogens (primary N) is 1. The lowest BCUT2D eigenvalue weighted by Crippen LogP contribution is -2.34. The molecule has 0 aliphatic heterocycles. The van der Waals surface area contributed by atoms with Crippen molar-refractivity contribution in [2.75, 3.05) is 0 Å². The normalized spacial score (nSPS) is 28.9. The zero-order valence-electron chi connectivity index (χ0n) is 10.5. The van der Waals surface area contributed by atoms with Crippen LogP contribution in [0, 0.1) is 11.8 Å². The molecule has 0 saturated heterocycles. The van der Waals surface area contributed by atoms with E-state index in [2.05, 4.69) is 6.92 Å². The van der Waals surface area contributed by atoms with Crippen molar-refractivity contribution in [3.63, 3.8) is 0 Å². The molecule has 1 rings (SSSR count). The van der Waals surface area contributed by atoms with Gasteiger partial charge >= 0.3 is 0 Å². The molecule has 96 valence electrons. The number of sulfonamides is 1. The first-order valence-corrected chi connectivity index (χ1v) is 8.07. The van der Waals surface area contributed by atoms with Crippen LogP contribution < -0.4 is 5.14 Å². The molecule has 0 heterocycles. The molecule has 2 N–H and O–H groups in total. The van der Waals surface area contributed by atoms with Crippen LogP contribution in [0.2, 0.25) is 0 Å². The molecular formula is C12H25NO2S. The molecule has 4 heteroatoms. The minimum atomic E-state index is -3.34. The molecular weight excluding hydrogens is 222 g/mol. The van der Waals surface area contributed by atoms with E-state index >= 15 is 0 Å². The van der Waals surface area contributed by atoms with Crippen LogP contribution in [0.4, 0.5) is 0 Å². The largest absolute Gasteiger partial charge is 0.228 e. The summed E-state index contributed by atoms with van der Waals surface area (Å²) >= 11 is 0. The van der Waals surface area contributed by atoms with Gasteiger partial charge in [0.1, 0.15) is 0 Å². The Bertz CT molecular complexity index is 292. The molecule has 1 atom stereocenters.